The number of nitrogens with one attached hydrogen (secondary N) is 2. The quantitative estimate of drug-likeness (QED) is 0.617. The van der Waals surface area contributed by atoms with Gasteiger partial charge in [0.1, 0.15) is 0 Å². The molecule has 2 saturated heterocycles. The lowest BCUT2D eigenvalue weighted by Crippen LogP contribution is -2.16. The summed E-state index contributed by atoms with van der Waals surface area (Å²) in [6, 6.07) is 0. The Morgan fingerprint density at radius 2 is 1.21 bits per heavy atom. The fourth-order valence-electron chi connectivity index (χ4n) is 2.90. The minimum absolute atomic E-state index is 1.05. The van der Waals surface area contributed by atoms with Gasteiger partial charge in [0.25, 0.3) is 0 Å². The average molecular weight is 196 g/mol. The Hall–Kier alpha value is -0.0800. The molecule has 3 aliphatic rings. The SMILES string of the molecule is C1CCC2CNCC2C1.C1CCNC1. The van der Waals surface area contributed by atoms with Gasteiger partial charge in [-0.25, -0.2) is 0 Å². The third kappa shape index (κ3) is 2.96. The van der Waals surface area contributed by atoms with E-state index in [0.29, 0.717) is 0 Å². The van der Waals surface area contributed by atoms with Crippen LogP contribution in [0.4, 0.5) is 0 Å². The van der Waals surface area contributed by atoms with Gasteiger partial charge in [-0.3, -0.25) is 0 Å². The van der Waals surface area contributed by atoms with Crippen LogP contribution in [0.1, 0.15) is 38.5 Å². The highest BCUT2D eigenvalue weighted by Crippen LogP contribution is 2.31. The van der Waals surface area contributed by atoms with E-state index < -0.39 is 0 Å². The number of hydrogen-bond acceptors (Lipinski definition) is 2. The number of fused-ring (bicyclic) bond motifs is 1. The Morgan fingerprint density at radius 1 is 0.643 bits per heavy atom. The van der Waals surface area contributed by atoms with Gasteiger partial charge < -0.3 is 10.6 Å². The maximum atomic E-state index is 3.46. The summed E-state index contributed by atoms with van der Waals surface area (Å²) >= 11 is 0. The zero-order valence-electron chi connectivity index (χ0n) is 9.23. The molecule has 1 saturated carbocycles. The molecule has 0 radical (unpaired) electrons. The Labute approximate surface area is 87.8 Å². The van der Waals surface area contributed by atoms with Gasteiger partial charge in [0.15, 0.2) is 0 Å². The maximum absolute atomic E-state index is 3.46. The lowest BCUT2D eigenvalue weighted by atomic mass is 9.82. The second-order valence-electron chi connectivity index (χ2n) is 4.92. The Balaban J connectivity index is 0.000000128. The van der Waals surface area contributed by atoms with Gasteiger partial charge in [-0.1, -0.05) is 12.8 Å². The van der Waals surface area contributed by atoms with Crippen LogP contribution >= 0.6 is 0 Å². The second kappa shape index (κ2) is 5.72. The molecule has 0 aromatic carbocycles. The largest absolute Gasteiger partial charge is 0.317 e. The molecule has 3 rings (SSSR count). The van der Waals surface area contributed by atoms with Crippen LogP contribution in [0, 0.1) is 11.8 Å². The molecule has 14 heavy (non-hydrogen) atoms. The first kappa shape index (κ1) is 10.4. The minimum atomic E-state index is 1.05. The number of rotatable bonds is 0. The molecule has 2 N–H and O–H groups in total. The molecule has 2 unspecified atom stereocenters. The Kier molecular flexibility index (Phi) is 4.26. The van der Waals surface area contributed by atoms with Crippen molar-refractivity contribution in [3.05, 3.63) is 0 Å². The van der Waals surface area contributed by atoms with E-state index in [-0.39, 0.29) is 0 Å². The fraction of sp³-hybridized carbons (Fsp3) is 1.00. The zero-order chi connectivity index (χ0) is 9.64. The van der Waals surface area contributed by atoms with Crippen molar-refractivity contribution in [3.8, 4) is 0 Å². The summed E-state index contributed by atoms with van der Waals surface area (Å²) in [5, 5.41) is 6.69. The van der Waals surface area contributed by atoms with E-state index in [0.717, 1.165) is 11.8 Å². The molecule has 2 heteroatoms. The van der Waals surface area contributed by atoms with E-state index in [1.165, 1.54) is 64.7 Å². The van der Waals surface area contributed by atoms with Crippen LogP contribution < -0.4 is 10.6 Å². The molecule has 2 heterocycles. The first-order valence-corrected chi connectivity index (χ1v) is 6.38. The van der Waals surface area contributed by atoms with Crippen LogP contribution in [0.15, 0.2) is 0 Å². The Bertz CT molecular complexity index is 135. The van der Waals surface area contributed by atoms with Gasteiger partial charge in [-0.2, -0.15) is 0 Å². The molecule has 2 nitrogen and oxygen atoms in total. The third-order valence-corrected chi connectivity index (χ3v) is 3.84. The molecule has 0 aromatic heterocycles. The molecule has 2 atom stereocenters. The molecular formula is C12H24N2. The summed E-state index contributed by atoms with van der Waals surface area (Å²) < 4.78 is 0. The fourth-order valence-corrected chi connectivity index (χ4v) is 2.90. The predicted molar refractivity (Wildman–Crippen MR) is 60.4 cm³/mol. The van der Waals surface area contributed by atoms with E-state index in [1.54, 1.807) is 0 Å². The summed E-state index contributed by atoms with van der Waals surface area (Å²) in [4.78, 5) is 0. The van der Waals surface area contributed by atoms with Crippen molar-refractivity contribution in [2.24, 2.45) is 11.8 Å². The van der Waals surface area contributed by atoms with E-state index >= 15 is 0 Å². The van der Waals surface area contributed by atoms with Crippen molar-refractivity contribution in [1.29, 1.82) is 0 Å². The van der Waals surface area contributed by atoms with Gasteiger partial charge in [0.05, 0.1) is 0 Å². The second-order valence-corrected chi connectivity index (χ2v) is 4.92. The van der Waals surface area contributed by atoms with Crippen molar-refractivity contribution in [1.82, 2.24) is 10.6 Å². The standard InChI is InChI=1S/C8H15N.C4H9N/c1-2-4-8-6-9-5-7(8)3-1;1-2-4-5-3-1/h7-9H,1-6H2;5H,1-4H2. The first-order chi connectivity index (χ1) is 6.97. The van der Waals surface area contributed by atoms with Crippen LogP contribution in [0.3, 0.4) is 0 Å². The van der Waals surface area contributed by atoms with Gasteiger partial charge in [-0.15, -0.1) is 0 Å². The van der Waals surface area contributed by atoms with E-state index in [2.05, 4.69) is 10.6 Å². The molecular weight excluding hydrogens is 172 g/mol. The van der Waals surface area contributed by atoms with Crippen molar-refractivity contribution in [2.45, 2.75) is 38.5 Å². The molecule has 82 valence electrons. The lowest BCUT2D eigenvalue weighted by molar-refractivity contribution is 0.299. The monoisotopic (exact) mass is 196 g/mol. The average Bonchev–Trinajstić information content (AvgIpc) is 2.92. The summed E-state index contributed by atoms with van der Waals surface area (Å²) in [7, 11) is 0. The molecule has 1 aliphatic carbocycles. The van der Waals surface area contributed by atoms with E-state index in [1.807, 2.05) is 0 Å². The van der Waals surface area contributed by atoms with E-state index in [4.69, 9.17) is 0 Å². The molecule has 3 fully saturated rings. The minimum Gasteiger partial charge on any atom is -0.317 e. The van der Waals surface area contributed by atoms with Crippen molar-refractivity contribution >= 4 is 0 Å². The highest BCUT2D eigenvalue weighted by Gasteiger charge is 2.28. The summed E-state index contributed by atoms with van der Waals surface area (Å²) in [5.41, 5.74) is 0. The first-order valence-electron chi connectivity index (χ1n) is 6.38. The van der Waals surface area contributed by atoms with E-state index in [9.17, 15) is 0 Å². The van der Waals surface area contributed by atoms with Crippen LogP contribution in [0.5, 0.6) is 0 Å². The van der Waals surface area contributed by atoms with Crippen LogP contribution in [0.25, 0.3) is 0 Å². The van der Waals surface area contributed by atoms with Crippen molar-refractivity contribution < 1.29 is 0 Å². The van der Waals surface area contributed by atoms with Crippen LogP contribution in [-0.4, -0.2) is 26.2 Å². The zero-order valence-corrected chi connectivity index (χ0v) is 9.23. The smallest absolute Gasteiger partial charge is 0.00173 e. The maximum Gasteiger partial charge on any atom is -0.00173 e. The number of hydrogen-bond donors (Lipinski definition) is 2. The van der Waals surface area contributed by atoms with Crippen LogP contribution in [-0.2, 0) is 0 Å². The van der Waals surface area contributed by atoms with Crippen molar-refractivity contribution in [2.75, 3.05) is 26.2 Å². The Morgan fingerprint density at radius 3 is 1.64 bits per heavy atom. The van der Waals surface area contributed by atoms with Crippen molar-refractivity contribution in [3.63, 3.8) is 0 Å². The third-order valence-electron chi connectivity index (χ3n) is 3.84. The molecule has 0 bridgehead atoms. The molecule has 2 aliphatic heterocycles. The topological polar surface area (TPSA) is 24.1 Å². The molecule has 0 aromatic rings. The summed E-state index contributed by atoms with van der Waals surface area (Å²) in [5.74, 6) is 2.11. The molecule has 0 amide bonds. The highest BCUT2D eigenvalue weighted by atomic mass is 14.9. The molecule has 0 spiro atoms. The highest BCUT2D eigenvalue weighted by molar-refractivity contribution is 4.83. The predicted octanol–water partition coefficient (Wildman–Crippen LogP) is 1.77. The van der Waals surface area contributed by atoms with Gasteiger partial charge in [0, 0.05) is 0 Å². The summed E-state index contributed by atoms with van der Waals surface area (Å²) in [6.45, 7) is 5.12. The summed E-state index contributed by atoms with van der Waals surface area (Å²) in [6.07, 6.45) is 8.75. The lowest BCUT2D eigenvalue weighted by Gasteiger charge is -2.23. The normalized spacial score (nSPS) is 36.0. The van der Waals surface area contributed by atoms with Crippen LogP contribution in [0.2, 0.25) is 0 Å². The van der Waals surface area contributed by atoms with Gasteiger partial charge in [-0.05, 0) is 63.7 Å². The van der Waals surface area contributed by atoms with Gasteiger partial charge >= 0.3 is 0 Å². The van der Waals surface area contributed by atoms with Gasteiger partial charge in [0.2, 0.25) is 0 Å².